The number of thioether (sulfide) groups is 1. The van der Waals surface area contributed by atoms with Crippen LogP contribution >= 0.6 is 11.8 Å². The minimum absolute atomic E-state index is 0.301. The third-order valence-corrected chi connectivity index (χ3v) is 2.62. The van der Waals surface area contributed by atoms with Crippen molar-refractivity contribution in [3.05, 3.63) is 24.3 Å². The summed E-state index contributed by atoms with van der Waals surface area (Å²) in [5.74, 6) is 1.26. The fourth-order valence-electron chi connectivity index (χ4n) is 0.986. The predicted octanol–water partition coefficient (Wildman–Crippen LogP) is 2.91. The number of benzene rings is 1. The van der Waals surface area contributed by atoms with Crippen molar-refractivity contribution in [1.29, 1.82) is 0 Å². The van der Waals surface area contributed by atoms with E-state index in [9.17, 15) is 0 Å². The molecule has 0 bridgehead atoms. The van der Waals surface area contributed by atoms with Crippen molar-refractivity contribution in [2.24, 2.45) is 0 Å². The molecule has 0 fully saturated rings. The van der Waals surface area contributed by atoms with Gasteiger partial charge in [-0.25, -0.2) is 0 Å². The molecule has 0 unspecified atom stereocenters. The average Bonchev–Trinajstić information content (AvgIpc) is 2.15. The smallest absolute Gasteiger partial charge is 0.115 e. The molecule has 0 aromatic heterocycles. The number of phenolic OH excluding ortho intramolecular Hbond substituents is 1. The second-order valence-corrected chi connectivity index (χ2v) is 4.43. The number of ether oxygens (including phenoxy) is 1. The molecule has 2 nitrogen and oxygen atoms in total. The highest BCUT2D eigenvalue weighted by molar-refractivity contribution is 7.99. The molecular formula is C11H16O2S. The van der Waals surface area contributed by atoms with Crippen molar-refractivity contribution in [3.8, 4) is 5.75 Å². The molecular weight excluding hydrogens is 196 g/mol. The van der Waals surface area contributed by atoms with Crippen LogP contribution in [-0.4, -0.2) is 23.6 Å². The van der Waals surface area contributed by atoms with Gasteiger partial charge in [0.25, 0.3) is 0 Å². The highest BCUT2D eigenvalue weighted by atomic mass is 32.2. The summed E-state index contributed by atoms with van der Waals surface area (Å²) >= 11 is 1.74. The molecule has 14 heavy (non-hydrogen) atoms. The summed E-state index contributed by atoms with van der Waals surface area (Å²) in [5, 5.41) is 9.07. The maximum Gasteiger partial charge on any atom is 0.115 e. The van der Waals surface area contributed by atoms with E-state index >= 15 is 0 Å². The maximum absolute atomic E-state index is 9.07. The first-order chi connectivity index (χ1) is 6.68. The van der Waals surface area contributed by atoms with Crippen molar-refractivity contribution in [2.45, 2.75) is 24.8 Å². The van der Waals surface area contributed by atoms with E-state index in [1.54, 1.807) is 23.9 Å². The molecule has 1 N–H and O–H groups in total. The lowest BCUT2D eigenvalue weighted by atomic mass is 10.3. The lowest BCUT2D eigenvalue weighted by Crippen LogP contribution is -2.05. The number of hydrogen-bond acceptors (Lipinski definition) is 3. The van der Waals surface area contributed by atoms with Gasteiger partial charge in [0.15, 0.2) is 0 Å². The van der Waals surface area contributed by atoms with Crippen molar-refractivity contribution >= 4 is 11.8 Å². The fraction of sp³-hybridized carbons (Fsp3) is 0.455. The van der Waals surface area contributed by atoms with Gasteiger partial charge in [-0.15, -0.1) is 11.8 Å². The summed E-state index contributed by atoms with van der Waals surface area (Å²) in [6.07, 6.45) is 0.301. The fourth-order valence-corrected chi connectivity index (χ4v) is 1.73. The zero-order valence-corrected chi connectivity index (χ0v) is 9.38. The van der Waals surface area contributed by atoms with E-state index in [4.69, 9.17) is 9.84 Å². The van der Waals surface area contributed by atoms with Crippen LogP contribution in [0.5, 0.6) is 5.75 Å². The van der Waals surface area contributed by atoms with Gasteiger partial charge >= 0.3 is 0 Å². The molecule has 0 aliphatic rings. The van der Waals surface area contributed by atoms with Crippen LogP contribution < -0.4 is 0 Å². The van der Waals surface area contributed by atoms with Crippen LogP contribution in [-0.2, 0) is 4.74 Å². The van der Waals surface area contributed by atoms with Gasteiger partial charge in [0, 0.05) is 10.6 Å². The molecule has 0 saturated heterocycles. The van der Waals surface area contributed by atoms with Gasteiger partial charge in [0.2, 0.25) is 0 Å². The van der Waals surface area contributed by atoms with E-state index in [-0.39, 0.29) is 0 Å². The van der Waals surface area contributed by atoms with Gasteiger partial charge in [-0.3, -0.25) is 0 Å². The normalized spacial score (nSPS) is 10.8. The summed E-state index contributed by atoms with van der Waals surface area (Å²) in [5.41, 5.74) is 0. The van der Waals surface area contributed by atoms with Gasteiger partial charge in [0.1, 0.15) is 5.75 Å². The van der Waals surface area contributed by atoms with Crippen LogP contribution in [0.1, 0.15) is 13.8 Å². The van der Waals surface area contributed by atoms with Gasteiger partial charge in [-0.2, -0.15) is 0 Å². The Morgan fingerprint density at radius 2 is 1.93 bits per heavy atom. The molecule has 3 heteroatoms. The zero-order chi connectivity index (χ0) is 10.4. The first-order valence-corrected chi connectivity index (χ1v) is 5.70. The van der Waals surface area contributed by atoms with E-state index in [1.807, 2.05) is 26.0 Å². The average molecular weight is 212 g/mol. The highest BCUT2D eigenvalue weighted by Crippen LogP contribution is 2.20. The van der Waals surface area contributed by atoms with Gasteiger partial charge in [-0.05, 0) is 38.1 Å². The molecule has 0 aliphatic carbocycles. The van der Waals surface area contributed by atoms with Crippen molar-refractivity contribution in [2.75, 3.05) is 12.4 Å². The van der Waals surface area contributed by atoms with Gasteiger partial charge in [-0.1, -0.05) is 0 Å². The minimum Gasteiger partial charge on any atom is -0.508 e. The topological polar surface area (TPSA) is 29.5 Å². The monoisotopic (exact) mass is 212 g/mol. The Hall–Kier alpha value is -0.670. The standard InChI is InChI=1S/C11H16O2S/c1-9(2)13-7-8-14-11-5-3-10(12)4-6-11/h3-6,9,12H,7-8H2,1-2H3. The summed E-state index contributed by atoms with van der Waals surface area (Å²) in [6.45, 7) is 4.83. The SMILES string of the molecule is CC(C)OCCSc1ccc(O)cc1. The Morgan fingerprint density at radius 3 is 2.50 bits per heavy atom. The Morgan fingerprint density at radius 1 is 1.29 bits per heavy atom. The number of hydrogen-bond donors (Lipinski definition) is 1. The maximum atomic E-state index is 9.07. The number of phenols is 1. The summed E-state index contributed by atoms with van der Waals surface area (Å²) in [6, 6.07) is 7.22. The second-order valence-electron chi connectivity index (χ2n) is 3.26. The summed E-state index contributed by atoms with van der Waals surface area (Å²) in [4.78, 5) is 1.16. The third-order valence-electron chi connectivity index (χ3n) is 1.64. The largest absolute Gasteiger partial charge is 0.508 e. The van der Waals surface area contributed by atoms with Crippen molar-refractivity contribution in [1.82, 2.24) is 0 Å². The van der Waals surface area contributed by atoms with Gasteiger partial charge in [0.05, 0.1) is 12.7 Å². The van der Waals surface area contributed by atoms with E-state index in [0.29, 0.717) is 11.9 Å². The molecule has 0 atom stereocenters. The Bertz CT molecular complexity index is 256. The molecule has 0 aliphatic heterocycles. The number of rotatable bonds is 5. The molecule has 0 heterocycles. The lowest BCUT2D eigenvalue weighted by molar-refractivity contribution is 0.0920. The van der Waals surface area contributed by atoms with E-state index in [1.165, 1.54) is 0 Å². The number of aromatic hydroxyl groups is 1. The molecule has 1 aromatic carbocycles. The molecule has 1 aromatic rings. The first-order valence-electron chi connectivity index (χ1n) is 4.72. The van der Waals surface area contributed by atoms with Crippen LogP contribution in [0.3, 0.4) is 0 Å². The predicted molar refractivity (Wildman–Crippen MR) is 59.9 cm³/mol. The zero-order valence-electron chi connectivity index (χ0n) is 8.56. The second kappa shape index (κ2) is 5.94. The van der Waals surface area contributed by atoms with Crippen LogP contribution in [0, 0.1) is 0 Å². The summed E-state index contributed by atoms with van der Waals surface area (Å²) in [7, 11) is 0. The van der Waals surface area contributed by atoms with Crippen molar-refractivity contribution < 1.29 is 9.84 Å². The minimum atomic E-state index is 0.301. The van der Waals surface area contributed by atoms with Crippen LogP contribution in [0.4, 0.5) is 0 Å². The summed E-state index contributed by atoms with van der Waals surface area (Å²) < 4.78 is 5.42. The molecule has 1 rings (SSSR count). The van der Waals surface area contributed by atoms with Crippen LogP contribution in [0.15, 0.2) is 29.2 Å². The quantitative estimate of drug-likeness (QED) is 0.601. The molecule has 78 valence electrons. The molecule has 0 amide bonds. The van der Waals surface area contributed by atoms with Crippen LogP contribution in [0.25, 0.3) is 0 Å². The first kappa shape index (κ1) is 11.4. The van der Waals surface area contributed by atoms with Crippen molar-refractivity contribution in [3.63, 3.8) is 0 Å². The molecule has 0 spiro atoms. The van der Waals surface area contributed by atoms with E-state index in [2.05, 4.69) is 0 Å². The van der Waals surface area contributed by atoms with E-state index in [0.717, 1.165) is 17.3 Å². The Kier molecular flexibility index (Phi) is 4.84. The lowest BCUT2D eigenvalue weighted by Gasteiger charge is -2.06. The Balaban J connectivity index is 2.21. The molecule has 0 saturated carbocycles. The molecule has 0 radical (unpaired) electrons. The highest BCUT2D eigenvalue weighted by Gasteiger charge is 1.96. The van der Waals surface area contributed by atoms with E-state index < -0.39 is 0 Å². The van der Waals surface area contributed by atoms with Gasteiger partial charge < -0.3 is 9.84 Å². The van der Waals surface area contributed by atoms with Crippen LogP contribution in [0.2, 0.25) is 0 Å². The third kappa shape index (κ3) is 4.53. The Labute approximate surface area is 89.3 Å².